The van der Waals surface area contributed by atoms with Gasteiger partial charge in [0.15, 0.2) is 17.8 Å². The predicted octanol–water partition coefficient (Wildman–Crippen LogP) is 0.0619. The molecule has 2 aromatic rings. The minimum atomic E-state index is -0.677. The van der Waals surface area contributed by atoms with E-state index in [9.17, 15) is 19.2 Å². The van der Waals surface area contributed by atoms with E-state index in [1.807, 2.05) is 6.92 Å². The van der Waals surface area contributed by atoms with Gasteiger partial charge in [-0.25, -0.2) is 9.78 Å². The number of nitrogens with zero attached hydrogens (tertiary/aromatic N) is 4. The number of nitrogens with one attached hydrogen (secondary N) is 1. The van der Waals surface area contributed by atoms with Crippen LogP contribution in [-0.4, -0.2) is 43.2 Å². The zero-order valence-corrected chi connectivity index (χ0v) is 16.7. The van der Waals surface area contributed by atoms with Crippen LogP contribution < -0.4 is 16.6 Å². The molecule has 2 rings (SSSR count). The minimum Gasteiger partial charge on any atom is -0.454 e. The lowest BCUT2D eigenvalue weighted by atomic mass is 10.1. The SMILES string of the molecule is CCCCC[C@H](C)NC(=O)COC(=O)Cn1cnc2c1c(=O)n(C)c(=O)n2C. The van der Waals surface area contributed by atoms with Crippen molar-refractivity contribution in [2.75, 3.05) is 6.61 Å². The van der Waals surface area contributed by atoms with Crippen LogP contribution in [0, 0.1) is 0 Å². The van der Waals surface area contributed by atoms with Crippen LogP contribution in [0.3, 0.4) is 0 Å². The number of rotatable bonds is 9. The number of aryl methyl sites for hydroxylation is 1. The lowest BCUT2D eigenvalue weighted by Gasteiger charge is -2.13. The van der Waals surface area contributed by atoms with Gasteiger partial charge in [0.1, 0.15) is 6.54 Å². The second kappa shape index (κ2) is 9.34. The molecule has 2 aromatic heterocycles. The maximum Gasteiger partial charge on any atom is 0.332 e. The van der Waals surface area contributed by atoms with Gasteiger partial charge in [-0.15, -0.1) is 0 Å². The van der Waals surface area contributed by atoms with Crippen LogP contribution in [0.15, 0.2) is 15.9 Å². The Morgan fingerprint density at radius 1 is 1.21 bits per heavy atom. The van der Waals surface area contributed by atoms with Gasteiger partial charge in [-0.1, -0.05) is 26.2 Å². The molecule has 10 nitrogen and oxygen atoms in total. The smallest absolute Gasteiger partial charge is 0.332 e. The first kappa shape index (κ1) is 21.4. The Hall–Kier alpha value is -2.91. The number of imidazole rings is 1. The van der Waals surface area contributed by atoms with E-state index < -0.39 is 17.2 Å². The first-order valence-electron chi connectivity index (χ1n) is 9.32. The Morgan fingerprint density at radius 3 is 2.61 bits per heavy atom. The average Bonchev–Trinajstić information content (AvgIpc) is 3.07. The van der Waals surface area contributed by atoms with Crippen LogP contribution in [0.2, 0.25) is 0 Å². The number of unbranched alkanes of at least 4 members (excludes halogenated alkanes) is 2. The fraction of sp³-hybridized carbons (Fsp3) is 0.611. The molecule has 1 atom stereocenters. The number of amides is 1. The highest BCUT2D eigenvalue weighted by Crippen LogP contribution is 2.06. The summed E-state index contributed by atoms with van der Waals surface area (Å²) in [7, 11) is 2.84. The molecule has 0 saturated carbocycles. The van der Waals surface area contributed by atoms with E-state index in [-0.39, 0.29) is 36.3 Å². The summed E-state index contributed by atoms with van der Waals surface area (Å²) in [5.74, 6) is -1.05. The molecule has 2 heterocycles. The highest BCUT2D eigenvalue weighted by atomic mass is 16.5. The molecule has 0 spiro atoms. The Morgan fingerprint density at radius 2 is 1.93 bits per heavy atom. The molecule has 0 aliphatic carbocycles. The van der Waals surface area contributed by atoms with E-state index in [1.54, 1.807) is 0 Å². The average molecular weight is 393 g/mol. The molecule has 28 heavy (non-hydrogen) atoms. The monoisotopic (exact) mass is 393 g/mol. The molecule has 1 amide bonds. The van der Waals surface area contributed by atoms with Gasteiger partial charge >= 0.3 is 11.7 Å². The first-order chi connectivity index (χ1) is 13.3. The van der Waals surface area contributed by atoms with Crippen molar-refractivity contribution in [2.45, 2.75) is 52.1 Å². The predicted molar refractivity (Wildman–Crippen MR) is 103 cm³/mol. The maximum atomic E-state index is 12.3. The minimum absolute atomic E-state index is 0.0136. The number of hydrogen-bond donors (Lipinski definition) is 1. The highest BCUT2D eigenvalue weighted by molar-refractivity contribution is 5.81. The molecule has 0 unspecified atom stereocenters. The van der Waals surface area contributed by atoms with Crippen LogP contribution in [-0.2, 0) is 35.0 Å². The lowest BCUT2D eigenvalue weighted by molar-refractivity contribution is -0.149. The van der Waals surface area contributed by atoms with Crippen molar-refractivity contribution < 1.29 is 14.3 Å². The maximum absolute atomic E-state index is 12.3. The van der Waals surface area contributed by atoms with E-state index in [0.29, 0.717) is 0 Å². The molecular weight excluding hydrogens is 366 g/mol. The highest BCUT2D eigenvalue weighted by Gasteiger charge is 2.17. The van der Waals surface area contributed by atoms with Crippen LogP contribution in [0.5, 0.6) is 0 Å². The second-order valence-corrected chi connectivity index (χ2v) is 6.88. The van der Waals surface area contributed by atoms with Gasteiger partial charge in [0.05, 0.1) is 6.33 Å². The van der Waals surface area contributed by atoms with Crippen molar-refractivity contribution in [2.24, 2.45) is 14.1 Å². The van der Waals surface area contributed by atoms with Gasteiger partial charge in [0, 0.05) is 20.1 Å². The van der Waals surface area contributed by atoms with Gasteiger partial charge in [-0.3, -0.25) is 23.5 Å². The Balaban J connectivity index is 1.96. The number of carbonyl (C=O) groups is 2. The lowest BCUT2D eigenvalue weighted by Crippen LogP contribution is -2.38. The molecule has 0 aliphatic heterocycles. The van der Waals surface area contributed by atoms with E-state index in [1.165, 1.54) is 29.6 Å². The summed E-state index contributed by atoms with van der Waals surface area (Å²) in [6.45, 7) is 3.35. The zero-order chi connectivity index (χ0) is 20.8. The van der Waals surface area contributed by atoms with Crippen LogP contribution in [0.4, 0.5) is 0 Å². The zero-order valence-electron chi connectivity index (χ0n) is 16.7. The molecule has 154 valence electrons. The molecular formula is C18H27N5O5. The number of fused-ring (bicyclic) bond motifs is 1. The Bertz CT molecular complexity index is 971. The normalized spacial score (nSPS) is 12.1. The van der Waals surface area contributed by atoms with Crippen LogP contribution in [0.25, 0.3) is 11.2 Å². The molecule has 0 fully saturated rings. The first-order valence-corrected chi connectivity index (χ1v) is 9.32. The summed E-state index contributed by atoms with van der Waals surface area (Å²) in [6, 6.07) is 0.0136. The van der Waals surface area contributed by atoms with Gasteiger partial charge < -0.3 is 14.6 Å². The standard InChI is InChI=1S/C18H27N5O5/c1-5-6-7-8-12(2)20-13(24)10-28-14(25)9-23-11-19-16-15(23)17(26)22(4)18(27)21(16)3/h11-12H,5-10H2,1-4H3,(H,20,24)/t12-/m0/s1. The van der Waals surface area contributed by atoms with Crippen LogP contribution in [0.1, 0.15) is 39.5 Å². The van der Waals surface area contributed by atoms with Crippen molar-refractivity contribution in [1.29, 1.82) is 0 Å². The summed E-state index contributed by atoms with van der Waals surface area (Å²) in [5.41, 5.74) is -0.757. The number of esters is 1. The van der Waals surface area contributed by atoms with E-state index >= 15 is 0 Å². The van der Waals surface area contributed by atoms with Crippen LogP contribution >= 0.6 is 0 Å². The third-order valence-corrected chi connectivity index (χ3v) is 4.53. The molecule has 0 saturated heterocycles. The summed E-state index contributed by atoms with van der Waals surface area (Å²) < 4.78 is 8.48. The summed E-state index contributed by atoms with van der Waals surface area (Å²) >= 11 is 0. The van der Waals surface area contributed by atoms with Crippen molar-refractivity contribution in [3.05, 3.63) is 27.2 Å². The van der Waals surface area contributed by atoms with Crippen molar-refractivity contribution >= 4 is 23.0 Å². The molecule has 10 heteroatoms. The third-order valence-electron chi connectivity index (χ3n) is 4.53. The van der Waals surface area contributed by atoms with Crippen molar-refractivity contribution in [3.63, 3.8) is 0 Å². The molecule has 0 radical (unpaired) electrons. The quantitative estimate of drug-likeness (QED) is 0.476. The van der Waals surface area contributed by atoms with E-state index in [2.05, 4.69) is 17.2 Å². The largest absolute Gasteiger partial charge is 0.454 e. The number of aromatic nitrogens is 4. The summed E-state index contributed by atoms with van der Waals surface area (Å²) in [5, 5.41) is 2.79. The Labute approximate surface area is 162 Å². The number of carbonyl (C=O) groups excluding carboxylic acids is 2. The summed E-state index contributed by atoms with van der Waals surface area (Å²) in [4.78, 5) is 52.2. The third kappa shape index (κ3) is 4.87. The van der Waals surface area contributed by atoms with Crippen molar-refractivity contribution in [3.8, 4) is 0 Å². The van der Waals surface area contributed by atoms with E-state index in [0.717, 1.165) is 30.3 Å². The molecule has 0 bridgehead atoms. The fourth-order valence-corrected chi connectivity index (χ4v) is 2.94. The topological polar surface area (TPSA) is 117 Å². The van der Waals surface area contributed by atoms with Crippen molar-refractivity contribution in [1.82, 2.24) is 24.0 Å². The molecule has 0 aromatic carbocycles. The number of ether oxygens (including phenoxy) is 1. The van der Waals surface area contributed by atoms with Gasteiger partial charge in [-0.2, -0.15) is 0 Å². The fourth-order valence-electron chi connectivity index (χ4n) is 2.94. The molecule has 1 N–H and O–H groups in total. The molecule has 0 aliphatic rings. The second-order valence-electron chi connectivity index (χ2n) is 6.88. The summed E-state index contributed by atoms with van der Waals surface area (Å²) in [6.07, 6.45) is 5.42. The van der Waals surface area contributed by atoms with Gasteiger partial charge in [0.25, 0.3) is 11.5 Å². The Kier molecular flexibility index (Phi) is 7.13. The van der Waals surface area contributed by atoms with Gasteiger partial charge in [0.2, 0.25) is 0 Å². The number of hydrogen-bond acceptors (Lipinski definition) is 6. The van der Waals surface area contributed by atoms with Gasteiger partial charge in [-0.05, 0) is 13.3 Å². The van der Waals surface area contributed by atoms with E-state index in [4.69, 9.17) is 4.74 Å².